The Kier molecular flexibility index (Phi) is 5.80. The Bertz CT molecular complexity index is 658. The molecule has 0 aliphatic heterocycles. The van der Waals surface area contributed by atoms with Crippen LogP contribution in [0, 0.1) is 5.41 Å². The molecule has 0 radical (unpaired) electrons. The first-order chi connectivity index (χ1) is 11.3. The van der Waals surface area contributed by atoms with Crippen LogP contribution in [0.25, 0.3) is 0 Å². The van der Waals surface area contributed by atoms with Gasteiger partial charge in [-0.1, -0.05) is 25.4 Å². The maximum Gasteiger partial charge on any atom is 0.302 e. The minimum Gasteiger partial charge on any atom is -0.466 e. The normalized spacial score (nSPS) is 14.0. The number of esters is 1. The molecule has 0 fully saturated rings. The summed E-state index contributed by atoms with van der Waals surface area (Å²) in [5, 5.41) is 15.4. The maximum absolute atomic E-state index is 11.1. The molecule has 130 valence electrons. The summed E-state index contributed by atoms with van der Waals surface area (Å²) in [6.45, 7) is 4.91. The lowest BCUT2D eigenvalue weighted by molar-refractivity contribution is -0.151. The van der Waals surface area contributed by atoms with E-state index in [4.69, 9.17) is 21.1 Å². The minimum absolute atomic E-state index is 0.0404. The zero-order valence-electron chi connectivity index (χ0n) is 13.7. The number of aliphatic hydroxyl groups is 1. The molecule has 1 N–H and O–H groups in total. The van der Waals surface area contributed by atoms with E-state index in [-0.39, 0.29) is 6.61 Å². The lowest BCUT2D eigenvalue weighted by Gasteiger charge is -2.35. The van der Waals surface area contributed by atoms with Crippen molar-refractivity contribution in [2.75, 3.05) is 6.61 Å². The van der Waals surface area contributed by atoms with E-state index in [1.54, 1.807) is 38.1 Å². The fraction of sp³-hybridized carbons (Fsp3) is 0.438. The second-order valence-corrected chi connectivity index (χ2v) is 6.49. The van der Waals surface area contributed by atoms with Crippen molar-refractivity contribution in [3.05, 3.63) is 41.9 Å². The molecule has 7 nitrogen and oxygen atoms in total. The molecule has 0 spiro atoms. The number of benzene rings is 1. The number of ether oxygens (including phenoxy) is 2. The van der Waals surface area contributed by atoms with Crippen molar-refractivity contribution >= 4 is 17.6 Å². The highest BCUT2D eigenvalue weighted by Gasteiger charge is 2.38. The van der Waals surface area contributed by atoms with Crippen molar-refractivity contribution in [2.24, 2.45) is 5.41 Å². The molecule has 2 aromatic rings. The third-order valence-corrected chi connectivity index (χ3v) is 3.74. The molecule has 24 heavy (non-hydrogen) atoms. The van der Waals surface area contributed by atoms with Crippen molar-refractivity contribution < 1.29 is 19.4 Å². The Balaban J connectivity index is 2.22. The van der Waals surface area contributed by atoms with Gasteiger partial charge < -0.3 is 14.6 Å². The summed E-state index contributed by atoms with van der Waals surface area (Å²) in [7, 11) is 0. The van der Waals surface area contributed by atoms with Crippen LogP contribution in [0.1, 0.15) is 27.0 Å². The number of carbonyl (C=O) groups is 1. The molecule has 0 aliphatic carbocycles. The third kappa shape index (κ3) is 4.69. The monoisotopic (exact) mass is 353 g/mol. The van der Waals surface area contributed by atoms with Gasteiger partial charge in [-0.05, 0) is 24.3 Å². The van der Waals surface area contributed by atoms with Gasteiger partial charge >= 0.3 is 5.97 Å². The summed E-state index contributed by atoms with van der Waals surface area (Å²) in [5.74, 6) is 0.105. The van der Waals surface area contributed by atoms with Gasteiger partial charge in [-0.2, -0.15) is 5.10 Å². The van der Waals surface area contributed by atoms with E-state index in [2.05, 4.69) is 10.1 Å². The first kappa shape index (κ1) is 18.2. The smallest absolute Gasteiger partial charge is 0.302 e. The SMILES string of the molecule is CC(=O)OCC(C)(C)C(O)C(Oc1ccc(Cl)cc1)n1cncn1. The fourth-order valence-corrected chi connectivity index (χ4v) is 2.15. The molecular weight excluding hydrogens is 334 g/mol. The lowest BCUT2D eigenvalue weighted by Crippen LogP contribution is -2.43. The Hall–Kier alpha value is -2.12. The van der Waals surface area contributed by atoms with Gasteiger partial charge in [0, 0.05) is 17.4 Å². The zero-order valence-corrected chi connectivity index (χ0v) is 14.5. The van der Waals surface area contributed by atoms with Crippen LogP contribution >= 0.6 is 11.6 Å². The van der Waals surface area contributed by atoms with Crippen LogP contribution in [0.4, 0.5) is 0 Å². The Morgan fingerprint density at radius 1 is 1.38 bits per heavy atom. The highest BCUT2D eigenvalue weighted by Crippen LogP contribution is 2.31. The largest absolute Gasteiger partial charge is 0.466 e. The van der Waals surface area contributed by atoms with E-state index >= 15 is 0 Å². The number of aliphatic hydroxyl groups excluding tert-OH is 1. The number of aromatic nitrogens is 3. The second-order valence-electron chi connectivity index (χ2n) is 6.05. The van der Waals surface area contributed by atoms with Crippen molar-refractivity contribution in [1.82, 2.24) is 14.8 Å². The molecule has 0 amide bonds. The van der Waals surface area contributed by atoms with Gasteiger partial charge in [-0.3, -0.25) is 4.79 Å². The number of carbonyl (C=O) groups excluding carboxylic acids is 1. The highest BCUT2D eigenvalue weighted by atomic mass is 35.5. The average Bonchev–Trinajstić information content (AvgIpc) is 3.06. The average molecular weight is 354 g/mol. The lowest BCUT2D eigenvalue weighted by atomic mass is 9.86. The quantitative estimate of drug-likeness (QED) is 0.769. The summed E-state index contributed by atoms with van der Waals surface area (Å²) in [6, 6.07) is 6.76. The van der Waals surface area contributed by atoms with Crippen molar-refractivity contribution in [2.45, 2.75) is 33.1 Å². The molecule has 0 saturated heterocycles. The summed E-state index contributed by atoms with van der Waals surface area (Å²) in [4.78, 5) is 15.0. The Morgan fingerprint density at radius 3 is 2.58 bits per heavy atom. The Labute approximate surface area is 145 Å². The van der Waals surface area contributed by atoms with Crippen molar-refractivity contribution in [3.8, 4) is 5.75 Å². The number of hydrogen-bond donors (Lipinski definition) is 1. The van der Waals surface area contributed by atoms with Gasteiger partial charge in [0.05, 0.1) is 6.61 Å². The predicted octanol–water partition coefficient (Wildman–Crippen LogP) is 2.46. The molecule has 8 heteroatoms. The van der Waals surface area contributed by atoms with E-state index in [0.29, 0.717) is 10.8 Å². The molecule has 1 heterocycles. The molecule has 2 rings (SSSR count). The molecule has 0 aliphatic rings. The topological polar surface area (TPSA) is 86.5 Å². The van der Waals surface area contributed by atoms with Gasteiger partial charge in [0.2, 0.25) is 6.23 Å². The second kappa shape index (κ2) is 7.63. The minimum atomic E-state index is -1.02. The van der Waals surface area contributed by atoms with Crippen molar-refractivity contribution in [1.29, 1.82) is 0 Å². The van der Waals surface area contributed by atoms with Gasteiger partial charge in [0.25, 0.3) is 0 Å². The molecule has 1 aromatic heterocycles. The third-order valence-electron chi connectivity index (χ3n) is 3.49. The van der Waals surface area contributed by atoms with E-state index in [1.165, 1.54) is 24.3 Å². The van der Waals surface area contributed by atoms with Crippen LogP contribution in [0.15, 0.2) is 36.9 Å². The summed E-state index contributed by atoms with van der Waals surface area (Å²) in [6.07, 6.45) is 0.934. The summed E-state index contributed by atoms with van der Waals surface area (Å²) < 4.78 is 12.3. The molecular formula is C16H20ClN3O4. The zero-order chi connectivity index (χ0) is 17.7. The van der Waals surface area contributed by atoms with Gasteiger partial charge in [0.1, 0.15) is 24.5 Å². The first-order valence-electron chi connectivity index (χ1n) is 7.37. The van der Waals surface area contributed by atoms with Crippen molar-refractivity contribution in [3.63, 3.8) is 0 Å². The van der Waals surface area contributed by atoms with Gasteiger partial charge in [-0.15, -0.1) is 0 Å². The predicted molar refractivity (Wildman–Crippen MR) is 87.6 cm³/mol. The van der Waals surface area contributed by atoms with Gasteiger partial charge in [-0.25, -0.2) is 9.67 Å². The molecule has 2 unspecified atom stereocenters. The molecule has 1 aromatic carbocycles. The Morgan fingerprint density at radius 2 is 2.04 bits per heavy atom. The van der Waals surface area contributed by atoms with E-state index in [9.17, 15) is 9.90 Å². The highest BCUT2D eigenvalue weighted by molar-refractivity contribution is 6.30. The number of halogens is 1. The number of rotatable bonds is 7. The van der Waals surface area contributed by atoms with Crippen LogP contribution in [-0.2, 0) is 9.53 Å². The van der Waals surface area contributed by atoms with E-state index in [0.717, 1.165) is 0 Å². The standard InChI is InChI=1S/C16H20ClN3O4/c1-11(21)23-8-16(2,3)14(22)15(20-10-18-9-19-20)24-13-6-4-12(17)5-7-13/h4-7,9-10,14-15,22H,8H2,1-3H3. The first-order valence-corrected chi connectivity index (χ1v) is 7.75. The number of hydrogen-bond acceptors (Lipinski definition) is 6. The summed E-state index contributed by atoms with van der Waals surface area (Å²) in [5.41, 5.74) is -0.769. The maximum atomic E-state index is 11.1. The molecule has 2 atom stereocenters. The van der Waals surface area contributed by atoms with Crippen LogP contribution in [0.2, 0.25) is 5.02 Å². The van der Waals surface area contributed by atoms with Crippen LogP contribution in [-0.4, -0.2) is 38.6 Å². The van der Waals surface area contributed by atoms with Crippen LogP contribution < -0.4 is 4.74 Å². The van der Waals surface area contributed by atoms with Gasteiger partial charge in [0.15, 0.2) is 0 Å². The molecule has 0 bridgehead atoms. The van der Waals surface area contributed by atoms with E-state index < -0.39 is 23.7 Å². The number of nitrogens with zero attached hydrogens (tertiary/aromatic N) is 3. The van der Waals surface area contributed by atoms with E-state index in [1.807, 2.05) is 0 Å². The summed E-state index contributed by atoms with van der Waals surface area (Å²) >= 11 is 5.87. The fourth-order valence-electron chi connectivity index (χ4n) is 2.02. The molecule has 0 saturated carbocycles. The van der Waals surface area contributed by atoms with Crippen LogP contribution in [0.5, 0.6) is 5.75 Å². The van der Waals surface area contributed by atoms with Crippen LogP contribution in [0.3, 0.4) is 0 Å².